The highest BCUT2D eigenvalue weighted by Gasteiger charge is 2.28. The van der Waals surface area contributed by atoms with Crippen LogP contribution >= 0.6 is 11.6 Å². The zero-order chi connectivity index (χ0) is 24.2. The van der Waals surface area contributed by atoms with E-state index in [0.29, 0.717) is 11.3 Å². The maximum atomic E-state index is 13.2. The van der Waals surface area contributed by atoms with E-state index in [9.17, 15) is 18.0 Å². The molecule has 0 aliphatic rings. The number of halogens is 1. The Morgan fingerprint density at radius 3 is 2.33 bits per heavy atom. The molecular weight excluding hydrogens is 464 g/mol. The molecule has 7 nitrogen and oxygen atoms in total. The van der Waals surface area contributed by atoms with Gasteiger partial charge in [-0.1, -0.05) is 54.1 Å². The van der Waals surface area contributed by atoms with Gasteiger partial charge in [0.1, 0.15) is 0 Å². The van der Waals surface area contributed by atoms with Gasteiger partial charge in [-0.15, -0.1) is 0 Å². The zero-order valence-corrected chi connectivity index (χ0v) is 19.8. The first kappa shape index (κ1) is 24.4. The van der Waals surface area contributed by atoms with Gasteiger partial charge in [0.25, 0.3) is 5.91 Å². The lowest BCUT2D eigenvalue weighted by Gasteiger charge is -2.19. The largest absolute Gasteiger partial charge is 0.444 e. The average molecular weight is 487 g/mol. The number of hydrogen-bond donors (Lipinski definition) is 2. The number of carbonyl (C=O) groups excluding carboxylic acids is 2. The molecule has 0 saturated heterocycles. The number of rotatable bonds is 7. The number of aryl methyl sites for hydroxylation is 2. The van der Waals surface area contributed by atoms with E-state index < -0.39 is 28.0 Å². The van der Waals surface area contributed by atoms with Crippen molar-refractivity contribution in [1.82, 2.24) is 4.72 Å². The minimum absolute atomic E-state index is 0.00296. The van der Waals surface area contributed by atoms with Crippen molar-refractivity contribution in [3.8, 4) is 0 Å². The molecule has 1 atom stereocenters. The fourth-order valence-electron chi connectivity index (χ4n) is 3.09. The van der Waals surface area contributed by atoms with Gasteiger partial charge in [0.05, 0.1) is 15.5 Å². The molecule has 1 amide bonds. The van der Waals surface area contributed by atoms with Crippen LogP contribution in [-0.2, 0) is 19.6 Å². The topological polar surface area (TPSA) is 102 Å². The Labute approximate surface area is 197 Å². The van der Waals surface area contributed by atoms with Crippen molar-refractivity contribution >= 4 is 39.2 Å². The second kappa shape index (κ2) is 10.2. The highest BCUT2D eigenvalue weighted by Crippen LogP contribution is 2.27. The number of anilines is 1. The van der Waals surface area contributed by atoms with Gasteiger partial charge in [-0.2, -0.15) is 0 Å². The van der Waals surface area contributed by atoms with Crippen molar-refractivity contribution in [2.75, 3.05) is 12.4 Å². The van der Waals surface area contributed by atoms with Gasteiger partial charge in [0, 0.05) is 11.3 Å². The summed E-state index contributed by atoms with van der Waals surface area (Å²) in [6.45, 7) is 3.75. The summed E-state index contributed by atoms with van der Waals surface area (Å²) in [4.78, 5) is 26.0. The van der Waals surface area contributed by atoms with Crippen LogP contribution in [0.5, 0.6) is 0 Å². The summed E-state index contributed by atoms with van der Waals surface area (Å²) in [5.41, 5.74) is 2.67. The molecule has 0 aromatic heterocycles. The molecule has 0 aliphatic carbocycles. The molecule has 2 N–H and O–H groups in total. The highest BCUT2D eigenvalue weighted by molar-refractivity contribution is 7.89. The third kappa shape index (κ3) is 5.78. The molecule has 0 bridgehead atoms. The summed E-state index contributed by atoms with van der Waals surface area (Å²) in [5.74, 6) is -1.49. The molecule has 3 aromatic rings. The monoisotopic (exact) mass is 486 g/mol. The molecule has 3 aromatic carbocycles. The molecule has 1 unspecified atom stereocenters. The smallest absolute Gasteiger partial charge is 0.340 e. The average Bonchev–Trinajstić information content (AvgIpc) is 2.80. The minimum Gasteiger partial charge on any atom is -0.444 e. The quantitative estimate of drug-likeness (QED) is 0.482. The number of amides is 1. The Morgan fingerprint density at radius 2 is 1.67 bits per heavy atom. The van der Waals surface area contributed by atoms with Crippen LogP contribution in [0.25, 0.3) is 0 Å². The number of nitrogens with one attached hydrogen (secondary N) is 2. The van der Waals surface area contributed by atoms with Gasteiger partial charge in [0.2, 0.25) is 16.1 Å². The van der Waals surface area contributed by atoms with Gasteiger partial charge < -0.3 is 10.1 Å². The Morgan fingerprint density at radius 1 is 0.970 bits per heavy atom. The third-order valence-corrected chi connectivity index (χ3v) is 6.69. The van der Waals surface area contributed by atoms with Gasteiger partial charge in [-0.05, 0) is 56.3 Å². The van der Waals surface area contributed by atoms with E-state index in [0.717, 1.165) is 17.2 Å². The maximum Gasteiger partial charge on any atom is 0.340 e. The van der Waals surface area contributed by atoms with Crippen LogP contribution in [0.1, 0.15) is 33.2 Å². The number of benzene rings is 3. The molecule has 0 heterocycles. The molecule has 0 saturated carbocycles. The van der Waals surface area contributed by atoms with Crippen LogP contribution in [0.4, 0.5) is 5.69 Å². The molecule has 0 spiro atoms. The highest BCUT2D eigenvalue weighted by atomic mass is 35.5. The summed E-state index contributed by atoms with van der Waals surface area (Å²) < 4.78 is 32.0. The van der Waals surface area contributed by atoms with E-state index in [1.54, 1.807) is 30.3 Å². The number of hydrogen-bond acceptors (Lipinski definition) is 5. The summed E-state index contributed by atoms with van der Waals surface area (Å²) in [5, 5.41) is 2.81. The van der Waals surface area contributed by atoms with E-state index in [1.807, 2.05) is 32.0 Å². The first-order valence-electron chi connectivity index (χ1n) is 9.99. The van der Waals surface area contributed by atoms with Gasteiger partial charge in [0.15, 0.2) is 0 Å². The van der Waals surface area contributed by atoms with E-state index in [-0.39, 0.29) is 15.5 Å². The van der Waals surface area contributed by atoms with Crippen molar-refractivity contribution in [3.05, 3.63) is 94.0 Å². The van der Waals surface area contributed by atoms with E-state index in [4.69, 9.17) is 16.3 Å². The molecule has 0 aliphatic heterocycles. The molecule has 9 heteroatoms. The number of esters is 1. The fourth-order valence-corrected chi connectivity index (χ4v) is 4.04. The number of sulfonamides is 1. The summed E-state index contributed by atoms with van der Waals surface area (Å²) >= 11 is 6.14. The molecule has 33 heavy (non-hydrogen) atoms. The van der Waals surface area contributed by atoms with Crippen LogP contribution in [0.2, 0.25) is 5.02 Å². The van der Waals surface area contributed by atoms with Crippen LogP contribution in [0.3, 0.4) is 0 Å². The molecule has 0 radical (unpaired) electrons. The number of carbonyl (C=O) groups is 2. The first-order valence-corrected chi connectivity index (χ1v) is 11.9. The third-order valence-electron chi connectivity index (χ3n) is 4.95. The van der Waals surface area contributed by atoms with Crippen LogP contribution in [0, 0.1) is 13.8 Å². The van der Waals surface area contributed by atoms with E-state index in [1.165, 1.54) is 19.2 Å². The van der Waals surface area contributed by atoms with E-state index >= 15 is 0 Å². The second-order valence-corrected chi connectivity index (χ2v) is 9.65. The Balaban J connectivity index is 1.95. The lowest BCUT2D eigenvalue weighted by Crippen LogP contribution is -2.26. The predicted octanol–water partition coefficient (Wildman–Crippen LogP) is 4.40. The SMILES string of the molecule is CNS(=O)(=O)c1ccc(Cl)c(C(=O)OC(C(=O)Nc2cc(C)ccc2C)c2ccccc2)c1. The van der Waals surface area contributed by atoms with Crippen molar-refractivity contribution in [2.45, 2.75) is 24.8 Å². The van der Waals surface area contributed by atoms with Gasteiger partial charge >= 0.3 is 5.97 Å². The van der Waals surface area contributed by atoms with Crippen molar-refractivity contribution < 1.29 is 22.7 Å². The standard InChI is InChI=1S/C24H23ClN2O5S/c1-15-9-10-16(2)21(13-15)27-23(28)22(17-7-5-4-6-8-17)32-24(29)19-14-18(11-12-20(19)25)33(30,31)26-3/h4-14,22,26H,1-3H3,(H,27,28). The van der Waals surface area contributed by atoms with Crippen LogP contribution in [-0.4, -0.2) is 27.3 Å². The second-order valence-electron chi connectivity index (χ2n) is 7.35. The predicted molar refractivity (Wildman–Crippen MR) is 127 cm³/mol. The summed E-state index contributed by atoms with van der Waals surface area (Å²) in [6.07, 6.45) is -1.29. The van der Waals surface area contributed by atoms with Crippen LogP contribution < -0.4 is 10.0 Å². The lowest BCUT2D eigenvalue weighted by atomic mass is 10.1. The first-order chi connectivity index (χ1) is 15.6. The van der Waals surface area contributed by atoms with Gasteiger partial charge in [-0.25, -0.2) is 17.9 Å². The molecule has 0 fully saturated rings. The summed E-state index contributed by atoms with van der Waals surface area (Å²) in [7, 11) is -2.56. The van der Waals surface area contributed by atoms with Crippen molar-refractivity contribution in [1.29, 1.82) is 0 Å². The Hall–Kier alpha value is -3.20. The summed E-state index contributed by atoms with van der Waals surface area (Å²) in [6, 6.07) is 17.8. The fraction of sp³-hybridized carbons (Fsp3) is 0.167. The Bertz CT molecular complexity index is 1290. The van der Waals surface area contributed by atoms with E-state index in [2.05, 4.69) is 10.0 Å². The van der Waals surface area contributed by atoms with Crippen molar-refractivity contribution in [2.24, 2.45) is 0 Å². The minimum atomic E-state index is -3.81. The van der Waals surface area contributed by atoms with Crippen molar-refractivity contribution in [3.63, 3.8) is 0 Å². The number of ether oxygens (including phenoxy) is 1. The lowest BCUT2D eigenvalue weighted by molar-refractivity contribution is -0.125. The maximum absolute atomic E-state index is 13.2. The Kier molecular flexibility index (Phi) is 7.53. The van der Waals surface area contributed by atoms with Gasteiger partial charge in [-0.3, -0.25) is 4.79 Å². The molecular formula is C24H23ClN2O5S. The zero-order valence-electron chi connectivity index (χ0n) is 18.3. The molecule has 3 rings (SSSR count). The van der Waals surface area contributed by atoms with Crippen LogP contribution in [0.15, 0.2) is 71.6 Å². The normalized spacial score (nSPS) is 12.1. The molecule has 172 valence electrons.